The summed E-state index contributed by atoms with van der Waals surface area (Å²) in [5.41, 5.74) is 1.56. The molecule has 9 heteroatoms. The van der Waals surface area contributed by atoms with Crippen molar-refractivity contribution in [3.8, 4) is 17.6 Å². The van der Waals surface area contributed by atoms with Crippen LogP contribution >= 0.6 is 0 Å². The zero-order valence-electron chi connectivity index (χ0n) is 17.7. The number of rotatable bonds is 8. The summed E-state index contributed by atoms with van der Waals surface area (Å²) in [7, 11) is -2.35. The lowest BCUT2D eigenvalue weighted by Gasteiger charge is -2.14. The van der Waals surface area contributed by atoms with Gasteiger partial charge in [-0.15, -0.1) is 0 Å². The number of primary sulfonamides is 1. The number of nitrogens with one attached hydrogen (secondary N) is 1. The summed E-state index contributed by atoms with van der Waals surface area (Å²) in [5.74, 6) is 0.176. The first-order chi connectivity index (χ1) is 15.8. The van der Waals surface area contributed by atoms with Crippen molar-refractivity contribution in [1.29, 1.82) is 5.26 Å². The molecule has 3 N–H and O–H groups in total. The third-order valence-corrected chi connectivity index (χ3v) is 5.49. The summed E-state index contributed by atoms with van der Waals surface area (Å²) < 4.78 is 34.1. The van der Waals surface area contributed by atoms with Gasteiger partial charge in [0, 0.05) is 11.3 Å². The normalized spacial score (nSPS) is 11.4. The number of nitrogens with zero attached hydrogens (tertiary/aromatic N) is 1. The van der Waals surface area contributed by atoms with Gasteiger partial charge in [0.15, 0.2) is 11.5 Å². The highest BCUT2D eigenvalue weighted by atomic mass is 32.2. The van der Waals surface area contributed by atoms with E-state index in [-0.39, 0.29) is 17.1 Å². The minimum absolute atomic E-state index is 0.0897. The van der Waals surface area contributed by atoms with Gasteiger partial charge in [-0.05, 0) is 42.0 Å². The van der Waals surface area contributed by atoms with E-state index < -0.39 is 15.9 Å². The fourth-order valence-corrected chi connectivity index (χ4v) is 3.44. The van der Waals surface area contributed by atoms with E-state index in [1.165, 1.54) is 37.5 Å². The summed E-state index contributed by atoms with van der Waals surface area (Å²) in [6.07, 6.45) is 1.40. The minimum atomic E-state index is -3.85. The molecular formula is C24H21N3O5S. The molecule has 0 unspecified atom stereocenters. The molecule has 0 saturated heterocycles. The van der Waals surface area contributed by atoms with Gasteiger partial charge in [-0.1, -0.05) is 42.5 Å². The van der Waals surface area contributed by atoms with Gasteiger partial charge < -0.3 is 14.8 Å². The molecule has 0 bridgehead atoms. The van der Waals surface area contributed by atoms with Gasteiger partial charge in [-0.2, -0.15) is 5.26 Å². The number of anilines is 1. The van der Waals surface area contributed by atoms with Crippen LogP contribution in [-0.4, -0.2) is 21.4 Å². The van der Waals surface area contributed by atoms with Gasteiger partial charge in [-0.3, -0.25) is 4.79 Å². The Morgan fingerprint density at radius 3 is 2.36 bits per heavy atom. The van der Waals surface area contributed by atoms with Gasteiger partial charge >= 0.3 is 0 Å². The Hall–Kier alpha value is -4.13. The van der Waals surface area contributed by atoms with Crippen LogP contribution in [0.15, 0.2) is 83.3 Å². The van der Waals surface area contributed by atoms with Crippen molar-refractivity contribution in [3.63, 3.8) is 0 Å². The molecule has 168 valence electrons. The second-order valence-corrected chi connectivity index (χ2v) is 8.41. The van der Waals surface area contributed by atoms with E-state index in [9.17, 15) is 18.5 Å². The third kappa shape index (κ3) is 6.20. The highest BCUT2D eigenvalue weighted by Gasteiger charge is 2.15. The molecule has 0 fully saturated rings. The number of nitrogens with two attached hydrogens (primary N) is 1. The molecule has 0 aliphatic rings. The predicted molar refractivity (Wildman–Crippen MR) is 124 cm³/mol. The van der Waals surface area contributed by atoms with Crippen LogP contribution < -0.4 is 19.9 Å². The SMILES string of the molecule is COc1cccc(C=C(C#N)C(=O)Nc2ccc(S(N)(=O)=O)cc2)c1OCc1ccccc1. The molecule has 0 aliphatic carbocycles. The van der Waals surface area contributed by atoms with Crippen LogP contribution in [0.1, 0.15) is 11.1 Å². The van der Waals surface area contributed by atoms with E-state index in [1.807, 2.05) is 36.4 Å². The summed E-state index contributed by atoms with van der Waals surface area (Å²) >= 11 is 0. The van der Waals surface area contributed by atoms with Crippen molar-refractivity contribution < 1.29 is 22.7 Å². The molecule has 8 nitrogen and oxygen atoms in total. The smallest absolute Gasteiger partial charge is 0.266 e. The third-order valence-electron chi connectivity index (χ3n) is 4.56. The molecule has 0 aliphatic heterocycles. The first-order valence-electron chi connectivity index (χ1n) is 9.71. The monoisotopic (exact) mass is 463 g/mol. The number of benzene rings is 3. The van der Waals surface area contributed by atoms with Crippen molar-refractivity contribution >= 4 is 27.7 Å². The number of para-hydroxylation sites is 1. The molecule has 0 aromatic heterocycles. The fraction of sp³-hybridized carbons (Fsp3) is 0.0833. The second-order valence-electron chi connectivity index (χ2n) is 6.85. The largest absolute Gasteiger partial charge is 0.493 e. The predicted octanol–water partition coefficient (Wildman–Crippen LogP) is 3.47. The Morgan fingerprint density at radius 1 is 1.06 bits per heavy atom. The maximum atomic E-state index is 12.7. The quantitative estimate of drug-likeness (QED) is 0.388. The average Bonchev–Trinajstić information content (AvgIpc) is 2.81. The van der Waals surface area contributed by atoms with E-state index in [0.717, 1.165) is 5.56 Å². The lowest BCUT2D eigenvalue weighted by molar-refractivity contribution is -0.112. The highest BCUT2D eigenvalue weighted by Crippen LogP contribution is 2.33. The van der Waals surface area contributed by atoms with Crippen LogP contribution in [0.5, 0.6) is 11.5 Å². The zero-order valence-corrected chi connectivity index (χ0v) is 18.5. The number of carbonyl (C=O) groups is 1. The van der Waals surface area contributed by atoms with Crippen molar-refractivity contribution in [2.45, 2.75) is 11.5 Å². The molecule has 0 radical (unpaired) electrons. The van der Waals surface area contributed by atoms with E-state index >= 15 is 0 Å². The molecule has 1 amide bonds. The maximum absolute atomic E-state index is 12.7. The Balaban J connectivity index is 1.85. The molecule has 0 spiro atoms. The Kier molecular flexibility index (Phi) is 7.46. The highest BCUT2D eigenvalue weighted by molar-refractivity contribution is 7.89. The maximum Gasteiger partial charge on any atom is 0.266 e. The number of amides is 1. The van der Waals surface area contributed by atoms with Crippen molar-refractivity contribution in [2.24, 2.45) is 5.14 Å². The van der Waals surface area contributed by atoms with E-state index in [2.05, 4.69) is 5.32 Å². The molecule has 3 aromatic rings. The fourth-order valence-electron chi connectivity index (χ4n) is 2.92. The lowest BCUT2D eigenvalue weighted by atomic mass is 10.1. The number of ether oxygens (including phenoxy) is 2. The van der Waals surface area contributed by atoms with Crippen molar-refractivity contribution in [3.05, 3.63) is 89.5 Å². The topological polar surface area (TPSA) is 132 Å². The summed E-state index contributed by atoms with van der Waals surface area (Å²) in [6.45, 7) is 0.270. The average molecular weight is 464 g/mol. The Morgan fingerprint density at radius 2 is 1.76 bits per heavy atom. The summed E-state index contributed by atoms with van der Waals surface area (Å²) in [6, 6.07) is 21.8. The van der Waals surface area contributed by atoms with Gasteiger partial charge in [0.2, 0.25) is 10.0 Å². The standard InChI is InChI=1S/C24H21N3O5S/c1-31-22-9-5-8-18(23(22)32-16-17-6-3-2-4-7-17)14-19(15-25)24(28)27-20-10-12-21(13-11-20)33(26,29)30/h2-14H,16H2,1H3,(H,27,28)(H2,26,29,30). The van der Waals surface area contributed by atoms with Crippen LogP contribution in [0, 0.1) is 11.3 Å². The number of hydrogen-bond acceptors (Lipinski definition) is 6. The van der Waals surface area contributed by atoms with Crippen molar-refractivity contribution in [1.82, 2.24) is 0 Å². The molecule has 0 atom stereocenters. The van der Waals surface area contributed by atoms with Crippen LogP contribution in [0.25, 0.3) is 6.08 Å². The molecule has 0 saturated carbocycles. The van der Waals surface area contributed by atoms with Crippen molar-refractivity contribution in [2.75, 3.05) is 12.4 Å². The molecule has 0 heterocycles. The van der Waals surface area contributed by atoms with Crippen LogP contribution in [0.2, 0.25) is 0 Å². The van der Waals surface area contributed by atoms with Gasteiger partial charge in [0.25, 0.3) is 5.91 Å². The first-order valence-corrected chi connectivity index (χ1v) is 11.3. The lowest BCUT2D eigenvalue weighted by Crippen LogP contribution is -2.14. The number of sulfonamides is 1. The number of methoxy groups -OCH3 is 1. The number of carbonyl (C=O) groups excluding carboxylic acids is 1. The zero-order chi connectivity index (χ0) is 23.8. The Bertz CT molecular complexity index is 1310. The number of hydrogen-bond donors (Lipinski definition) is 2. The molecular weight excluding hydrogens is 442 g/mol. The first kappa shape index (κ1) is 23.5. The van der Waals surface area contributed by atoms with E-state index in [0.29, 0.717) is 22.7 Å². The number of nitriles is 1. The van der Waals surface area contributed by atoms with E-state index in [4.69, 9.17) is 14.6 Å². The van der Waals surface area contributed by atoms with E-state index in [1.54, 1.807) is 18.2 Å². The Labute approximate surface area is 191 Å². The molecule has 3 rings (SSSR count). The van der Waals surface area contributed by atoms with Crippen LogP contribution in [0.3, 0.4) is 0 Å². The summed E-state index contributed by atoms with van der Waals surface area (Å²) in [4.78, 5) is 12.6. The van der Waals surface area contributed by atoms with Crippen LogP contribution in [0.4, 0.5) is 5.69 Å². The second kappa shape index (κ2) is 10.5. The minimum Gasteiger partial charge on any atom is -0.493 e. The van der Waals surface area contributed by atoms with Gasteiger partial charge in [-0.25, -0.2) is 13.6 Å². The summed E-state index contributed by atoms with van der Waals surface area (Å²) in [5, 5.41) is 17.2. The van der Waals surface area contributed by atoms with Crippen LogP contribution in [-0.2, 0) is 21.4 Å². The molecule has 3 aromatic carbocycles. The van der Waals surface area contributed by atoms with Gasteiger partial charge in [0.05, 0.1) is 12.0 Å². The molecule has 33 heavy (non-hydrogen) atoms. The van der Waals surface area contributed by atoms with Gasteiger partial charge in [0.1, 0.15) is 18.2 Å².